The van der Waals surface area contributed by atoms with Crippen LogP contribution in [0.3, 0.4) is 0 Å². The predicted octanol–water partition coefficient (Wildman–Crippen LogP) is 13.5. The molecule has 0 spiro atoms. The molecule has 1 saturated heterocycles. The molecule has 4 aliphatic carbocycles. The van der Waals surface area contributed by atoms with Gasteiger partial charge in [-0.2, -0.15) is 0 Å². The second-order valence-corrected chi connectivity index (χ2v) is 15.8. The van der Waals surface area contributed by atoms with E-state index in [4.69, 9.17) is 0 Å². The molecule has 0 amide bonds. The van der Waals surface area contributed by atoms with Crippen molar-refractivity contribution in [1.82, 2.24) is 5.32 Å². The van der Waals surface area contributed by atoms with E-state index in [1.54, 1.807) is 0 Å². The number of anilines is 1. The number of rotatable bonds is 9. The lowest BCUT2D eigenvalue weighted by Crippen LogP contribution is -2.62. The summed E-state index contributed by atoms with van der Waals surface area (Å²) in [6.45, 7) is 8.01. The molecule has 1 N–H and O–H groups in total. The summed E-state index contributed by atoms with van der Waals surface area (Å²) in [5, 5.41) is 4.31. The summed E-state index contributed by atoms with van der Waals surface area (Å²) >= 11 is 0. The number of para-hydroxylation sites is 1. The number of hydrogen-bond donors (Lipinski definition) is 1. The lowest BCUT2D eigenvalue weighted by atomic mass is 9.57. The molecular weight excluding hydrogens is 713 g/mol. The van der Waals surface area contributed by atoms with Crippen LogP contribution in [0, 0.1) is 0 Å². The van der Waals surface area contributed by atoms with Crippen molar-refractivity contribution in [2.45, 2.75) is 56.1 Å². The Labute approximate surface area is 351 Å². The minimum atomic E-state index is -0.454. The van der Waals surface area contributed by atoms with Gasteiger partial charge in [-0.25, -0.2) is 0 Å². The first-order valence-electron chi connectivity index (χ1n) is 21.3. The molecule has 2 nitrogen and oxygen atoms in total. The van der Waals surface area contributed by atoms with Crippen molar-refractivity contribution in [1.29, 1.82) is 0 Å². The molecule has 5 aliphatic rings. The lowest BCUT2D eigenvalue weighted by molar-refractivity contribution is 0.283. The third-order valence-electron chi connectivity index (χ3n) is 12.6. The van der Waals surface area contributed by atoms with E-state index in [1.165, 1.54) is 50.1 Å². The summed E-state index contributed by atoms with van der Waals surface area (Å²) in [7, 11) is 0. The second-order valence-electron chi connectivity index (χ2n) is 15.8. The summed E-state index contributed by atoms with van der Waals surface area (Å²) in [6.07, 6.45) is 32.4. The topological polar surface area (TPSA) is 15.3 Å². The van der Waals surface area contributed by atoms with Crippen molar-refractivity contribution in [2.24, 2.45) is 0 Å². The predicted molar refractivity (Wildman–Crippen MR) is 251 cm³/mol. The molecule has 0 saturated carbocycles. The molecule has 1 heterocycles. The quantitative estimate of drug-likeness (QED) is 0.150. The molecule has 10 rings (SSSR count). The Morgan fingerprint density at radius 1 is 0.763 bits per heavy atom. The fourth-order valence-corrected chi connectivity index (χ4v) is 10.2. The summed E-state index contributed by atoms with van der Waals surface area (Å²) in [6, 6.07) is 49.4. The Bertz CT molecular complexity index is 2600. The van der Waals surface area contributed by atoms with Crippen LogP contribution in [0.25, 0.3) is 22.3 Å². The van der Waals surface area contributed by atoms with Crippen molar-refractivity contribution >= 4 is 16.8 Å². The molecule has 5 aromatic rings. The fourth-order valence-electron chi connectivity index (χ4n) is 10.2. The molecule has 1 fully saturated rings. The van der Waals surface area contributed by atoms with Gasteiger partial charge in [0.15, 0.2) is 0 Å². The van der Waals surface area contributed by atoms with Gasteiger partial charge in [0.1, 0.15) is 0 Å². The van der Waals surface area contributed by atoms with Gasteiger partial charge in [-0.15, -0.1) is 0 Å². The average Bonchev–Trinajstić information content (AvgIpc) is 3.58. The van der Waals surface area contributed by atoms with Crippen LogP contribution >= 0.6 is 0 Å². The van der Waals surface area contributed by atoms with Gasteiger partial charge in [0.2, 0.25) is 0 Å². The highest BCUT2D eigenvalue weighted by molar-refractivity contribution is 5.89. The van der Waals surface area contributed by atoms with Crippen LogP contribution in [0.1, 0.15) is 60.9 Å². The van der Waals surface area contributed by atoms with E-state index >= 15 is 0 Å². The first-order chi connectivity index (χ1) is 29.2. The van der Waals surface area contributed by atoms with Crippen LogP contribution in [0.15, 0.2) is 230 Å². The number of benzene rings is 5. The van der Waals surface area contributed by atoms with E-state index in [-0.39, 0.29) is 17.6 Å². The first-order valence-corrected chi connectivity index (χ1v) is 21.3. The van der Waals surface area contributed by atoms with Crippen molar-refractivity contribution in [3.63, 3.8) is 0 Å². The first kappa shape index (κ1) is 38.1. The number of fused-ring (bicyclic) bond motifs is 8. The van der Waals surface area contributed by atoms with Crippen LogP contribution < -0.4 is 10.2 Å². The maximum atomic E-state index is 4.31. The lowest BCUT2D eigenvalue weighted by Gasteiger charge is -2.51. The Hall–Kier alpha value is -6.48. The second kappa shape index (κ2) is 16.4. The fraction of sp³-hybridized carbons (Fsp3) is 0.158. The molecule has 0 radical (unpaired) electrons. The van der Waals surface area contributed by atoms with E-state index < -0.39 is 5.41 Å². The number of nitrogens with one attached hydrogen (secondary N) is 1. The zero-order valence-corrected chi connectivity index (χ0v) is 34.1. The zero-order chi connectivity index (χ0) is 40.2. The van der Waals surface area contributed by atoms with Crippen LogP contribution in [-0.2, 0) is 5.41 Å². The van der Waals surface area contributed by atoms with Gasteiger partial charge in [-0.3, -0.25) is 5.32 Å². The average molecular weight is 765 g/mol. The monoisotopic (exact) mass is 764 g/mol. The number of hydrogen-bond acceptors (Lipinski definition) is 2. The van der Waals surface area contributed by atoms with E-state index in [9.17, 15) is 0 Å². The molecule has 0 aromatic heterocycles. The van der Waals surface area contributed by atoms with Crippen molar-refractivity contribution in [3.05, 3.63) is 258 Å². The van der Waals surface area contributed by atoms with Crippen molar-refractivity contribution < 1.29 is 0 Å². The summed E-state index contributed by atoms with van der Waals surface area (Å²) in [5.74, 6) is 0. The van der Waals surface area contributed by atoms with Gasteiger partial charge in [0.25, 0.3) is 0 Å². The largest absolute Gasteiger partial charge is 0.341 e. The third-order valence-corrected chi connectivity index (χ3v) is 12.6. The standard InChI is InChI=1S/C55H46N2.C2H6/c1-2-17-40(41-18-6-3-7-19-41)33-35-57(48-26-10-5-11-27-48)49-28-15-21-43(37-49)44-31-32-53-51(38-44)50-29-12-13-30-52(50)55(53,46-23-8-4-9-24-46)54-34-16-22-45(39-54)42-20-14-25-47(36-42)56-54;1-2/h2-27,29-35,37-38,47,49,56H,1,28,36,39H2;1-2H3/b35-33-,40-17+;. The zero-order valence-electron chi connectivity index (χ0n) is 34.1. The Kier molecular flexibility index (Phi) is 10.6. The normalized spacial score (nSPS) is 23.5. The van der Waals surface area contributed by atoms with E-state index in [2.05, 4.69) is 223 Å². The van der Waals surface area contributed by atoms with Gasteiger partial charge in [0, 0.05) is 17.9 Å². The highest BCUT2D eigenvalue weighted by Crippen LogP contribution is 2.61. The number of nitrogens with zero attached hydrogens (tertiary/aromatic N) is 1. The highest BCUT2D eigenvalue weighted by Gasteiger charge is 2.59. The van der Waals surface area contributed by atoms with E-state index in [1.807, 2.05) is 19.9 Å². The highest BCUT2D eigenvalue weighted by atomic mass is 15.1. The molecule has 5 aromatic carbocycles. The summed E-state index contributed by atoms with van der Waals surface area (Å²) in [5.41, 5.74) is 14.6. The smallest absolute Gasteiger partial charge is 0.0684 e. The van der Waals surface area contributed by atoms with Crippen LogP contribution in [0.5, 0.6) is 0 Å². The van der Waals surface area contributed by atoms with Gasteiger partial charge < -0.3 is 4.90 Å². The Morgan fingerprint density at radius 3 is 2.27 bits per heavy atom. The van der Waals surface area contributed by atoms with E-state index in [0.717, 1.165) is 36.1 Å². The number of allylic oxidation sites excluding steroid dienone is 10. The van der Waals surface area contributed by atoms with Gasteiger partial charge >= 0.3 is 0 Å². The molecule has 59 heavy (non-hydrogen) atoms. The maximum absolute atomic E-state index is 4.31. The molecule has 1 aliphatic heterocycles. The third kappa shape index (κ3) is 6.68. The van der Waals surface area contributed by atoms with Gasteiger partial charge in [-0.1, -0.05) is 203 Å². The molecule has 2 heteroatoms. The Morgan fingerprint density at radius 2 is 1.47 bits per heavy atom. The minimum absolute atomic E-state index is 0.127. The van der Waals surface area contributed by atoms with Gasteiger partial charge in [-0.05, 0) is 105 Å². The van der Waals surface area contributed by atoms with Crippen LogP contribution in [-0.4, -0.2) is 17.6 Å². The summed E-state index contributed by atoms with van der Waals surface area (Å²) in [4.78, 5) is 2.41. The summed E-state index contributed by atoms with van der Waals surface area (Å²) < 4.78 is 0. The molecular formula is C57H52N2. The molecule has 290 valence electrons. The van der Waals surface area contributed by atoms with Crippen LogP contribution in [0.2, 0.25) is 0 Å². The Balaban J connectivity index is 0.00000221. The molecule has 4 unspecified atom stereocenters. The SMILES string of the molecule is C=C/C=C(\C=C/N(c1ccccc1)C1C=C(c2ccc3c(c2)-c2ccccc2C3(c2ccccc2)C23C=CC=C(C2)C2=CC=CC(C2)N3)C=CC1)c1ccccc1.CC. The van der Waals surface area contributed by atoms with Crippen molar-refractivity contribution in [3.8, 4) is 11.1 Å². The van der Waals surface area contributed by atoms with Crippen LogP contribution in [0.4, 0.5) is 5.69 Å². The van der Waals surface area contributed by atoms with E-state index in [0.29, 0.717) is 0 Å². The van der Waals surface area contributed by atoms with Gasteiger partial charge in [0.05, 0.1) is 17.0 Å². The molecule has 4 bridgehead atoms. The van der Waals surface area contributed by atoms with Crippen molar-refractivity contribution in [2.75, 3.05) is 4.90 Å². The minimum Gasteiger partial charge on any atom is -0.341 e. The molecule has 4 atom stereocenters. The maximum Gasteiger partial charge on any atom is 0.0684 e.